The molecular weight excluding hydrogens is 271 g/mol. The van der Waals surface area contributed by atoms with Gasteiger partial charge in [0.05, 0.1) is 12.2 Å². The second-order valence-electron chi connectivity index (χ2n) is 4.49. The van der Waals surface area contributed by atoms with Gasteiger partial charge in [-0.25, -0.2) is 4.98 Å². The van der Waals surface area contributed by atoms with Gasteiger partial charge in [-0.15, -0.1) is 0 Å². The van der Waals surface area contributed by atoms with E-state index in [9.17, 15) is 18.0 Å². The Bertz CT molecular complexity index is 578. The van der Waals surface area contributed by atoms with E-state index >= 15 is 0 Å². The van der Waals surface area contributed by atoms with Crippen molar-refractivity contribution in [3.63, 3.8) is 0 Å². The second kappa shape index (κ2) is 5.57. The number of hydrogen-bond acceptors (Lipinski definition) is 2. The molecule has 0 fully saturated rings. The molecule has 0 saturated carbocycles. The minimum atomic E-state index is -4.47. The molecular formula is C13H14F3N3O. The predicted molar refractivity (Wildman–Crippen MR) is 65.5 cm³/mol. The van der Waals surface area contributed by atoms with Crippen molar-refractivity contribution in [3.8, 4) is 11.8 Å². The van der Waals surface area contributed by atoms with E-state index in [1.807, 2.05) is 0 Å². The van der Waals surface area contributed by atoms with Gasteiger partial charge in [0.15, 0.2) is 0 Å². The lowest BCUT2D eigenvalue weighted by atomic mass is 10.1. The molecule has 2 rings (SSSR count). The summed E-state index contributed by atoms with van der Waals surface area (Å²) in [4.78, 5) is 14.9. The highest BCUT2D eigenvalue weighted by Crippen LogP contribution is 2.32. The number of imidazole rings is 1. The number of nitrogens with zero attached hydrogens (tertiary/aromatic N) is 2. The number of halogens is 3. The van der Waals surface area contributed by atoms with Crippen molar-refractivity contribution in [2.45, 2.75) is 45.5 Å². The Morgan fingerprint density at radius 3 is 2.85 bits per heavy atom. The first-order valence-electron chi connectivity index (χ1n) is 6.29. The molecule has 0 aromatic carbocycles. The summed E-state index contributed by atoms with van der Waals surface area (Å²) >= 11 is 0. The molecule has 0 bridgehead atoms. The summed E-state index contributed by atoms with van der Waals surface area (Å²) < 4.78 is 40.0. The molecule has 0 unspecified atom stereocenters. The van der Waals surface area contributed by atoms with Gasteiger partial charge in [0.25, 0.3) is 5.91 Å². The van der Waals surface area contributed by atoms with Crippen LogP contribution in [0.5, 0.6) is 0 Å². The van der Waals surface area contributed by atoms with Gasteiger partial charge in [-0.05, 0) is 32.1 Å². The normalized spacial score (nSPS) is 14.2. The molecule has 108 valence electrons. The number of fused-ring (bicyclic) bond motifs is 1. The van der Waals surface area contributed by atoms with Gasteiger partial charge in [0.1, 0.15) is 0 Å². The Morgan fingerprint density at radius 1 is 1.45 bits per heavy atom. The molecule has 1 amide bonds. The van der Waals surface area contributed by atoms with Crippen LogP contribution in [-0.2, 0) is 30.5 Å². The number of rotatable bonds is 2. The molecule has 4 nitrogen and oxygen atoms in total. The number of carbonyl (C=O) groups is 1. The smallest absolute Gasteiger partial charge is 0.340 e. The van der Waals surface area contributed by atoms with Gasteiger partial charge in [-0.2, -0.15) is 13.2 Å². The van der Waals surface area contributed by atoms with Gasteiger partial charge in [-0.1, -0.05) is 5.92 Å². The molecule has 2 heterocycles. The number of nitrogens with one attached hydrogen (secondary N) is 1. The summed E-state index contributed by atoms with van der Waals surface area (Å²) in [6.07, 6.45) is -2.39. The first-order valence-corrected chi connectivity index (χ1v) is 6.29. The fraction of sp³-hybridized carbons (Fsp3) is 0.538. The van der Waals surface area contributed by atoms with E-state index in [1.54, 1.807) is 0 Å². The van der Waals surface area contributed by atoms with Gasteiger partial charge in [0.2, 0.25) is 5.82 Å². The number of alkyl halides is 3. The van der Waals surface area contributed by atoms with Crippen LogP contribution in [0.1, 0.15) is 37.0 Å². The van der Waals surface area contributed by atoms with Crippen LogP contribution in [0.4, 0.5) is 13.2 Å². The van der Waals surface area contributed by atoms with Crippen molar-refractivity contribution in [2.24, 2.45) is 0 Å². The maximum atomic E-state index is 12.9. The molecule has 20 heavy (non-hydrogen) atoms. The Hall–Kier alpha value is -1.97. The van der Waals surface area contributed by atoms with Crippen LogP contribution < -0.4 is 5.32 Å². The third kappa shape index (κ3) is 2.95. The Kier molecular flexibility index (Phi) is 4.02. The molecule has 0 radical (unpaired) electrons. The van der Waals surface area contributed by atoms with E-state index in [4.69, 9.17) is 0 Å². The van der Waals surface area contributed by atoms with Crippen LogP contribution in [0.2, 0.25) is 0 Å². The van der Waals surface area contributed by atoms with Gasteiger partial charge >= 0.3 is 6.18 Å². The lowest BCUT2D eigenvalue weighted by Crippen LogP contribution is -2.22. The number of amides is 1. The van der Waals surface area contributed by atoms with E-state index in [0.717, 1.165) is 6.42 Å². The maximum Gasteiger partial charge on any atom is 0.449 e. The van der Waals surface area contributed by atoms with Crippen molar-refractivity contribution < 1.29 is 18.0 Å². The minimum Gasteiger partial charge on any atom is -0.340 e. The summed E-state index contributed by atoms with van der Waals surface area (Å²) in [5.41, 5.74) is 0.844. The first kappa shape index (κ1) is 14.4. The SMILES string of the molecule is CC#CC(=O)NCc1nc(C(F)(F)F)n2c1CCCC2. The molecule has 1 N–H and O–H groups in total. The lowest BCUT2D eigenvalue weighted by molar-refractivity contribution is -0.147. The molecule has 0 atom stereocenters. The van der Waals surface area contributed by atoms with E-state index in [2.05, 4.69) is 22.1 Å². The zero-order valence-electron chi connectivity index (χ0n) is 11.0. The first-order chi connectivity index (χ1) is 9.43. The molecule has 1 aromatic heterocycles. The Balaban J connectivity index is 2.26. The fourth-order valence-corrected chi connectivity index (χ4v) is 2.30. The van der Waals surface area contributed by atoms with E-state index < -0.39 is 17.9 Å². The second-order valence-corrected chi connectivity index (χ2v) is 4.49. The molecule has 0 saturated heterocycles. The summed E-state index contributed by atoms with van der Waals surface area (Å²) in [5.74, 6) is 3.31. The summed E-state index contributed by atoms with van der Waals surface area (Å²) in [6, 6.07) is 0. The Labute approximate surface area is 114 Å². The quantitative estimate of drug-likeness (QED) is 0.843. The average Bonchev–Trinajstić information content (AvgIpc) is 2.75. The average molecular weight is 285 g/mol. The summed E-state index contributed by atoms with van der Waals surface area (Å²) in [5, 5.41) is 2.46. The molecule has 7 heteroatoms. The molecule has 1 aliphatic rings. The number of hydrogen-bond donors (Lipinski definition) is 1. The van der Waals surface area contributed by atoms with Crippen LogP contribution in [-0.4, -0.2) is 15.5 Å². The largest absolute Gasteiger partial charge is 0.449 e. The third-order valence-electron chi connectivity index (χ3n) is 3.11. The van der Waals surface area contributed by atoms with E-state index in [-0.39, 0.29) is 12.2 Å². The third-order valence-corrected chi connectivity index (χ3v) is 3.11. The highest BCUT2D eigenvalue weighted by atomic mass is 19.4. The van der Waals surface area contributed by atoms with Crippen LogP contribution in [0.25, 0.3) is 0 Å². The van der Waals surface area contributed by atoms with Crippen molar-refractivity contribution >= 4 is 5.91 Å². The lowest BCUT2D eigenvalue weighted by Gasteiger charge is -2.18. The van der Waals surface area contributed by atoms with Crippen molar-refractivity contribution in [1.82, 2.24) is 14.9 Å². The monoisotopic (exact) mass is 285 g/mol. The van der Waals surface area contributed by atoms with Gasteiger partial charge in [0, 0.05) is 12.2 Å². The van der Waals surface area contributed by atoms with Gasteiger partial charge < -0.3 is 9.88 Å². The number of carbonyl (C=O) groups excluding carboxylic acids is 1. The van der Waals surface area contributed by atoms with Crippen LogP contribution in [0, 0.1) is 11.8 Å². The zero-order chi connectivity index (χ0) is 14.8. The molecule has 0 aliphatic carbocycles. The van der Waals surface area contributed by atoms with Crippen molar-refractivity contribution in [2.75, 3.05) is 0 Å². The topological polar surface area (TPSA) is 46.9 Å². The fourth-order valence-electron chi connectivity index (χ4n) is 2.30. The number of aromatic nitrogens is 2. The van der Waals surface area contributed by atoms with Crippen LogP contribution in [0.15, 0.2) is 0 Å². The van der Waals surface area contributed by atoms with E-state index in [0.29, 0.717) is 25.1 Å². The van der Waals surface area contributed by atoms with Gasteiger partial charge in [-0.3, -0.25) is 4.79 Å². The van der Waals surface area contributed by atoms with E-state index in [1.165, 1.54) is 11.5 Å². The zero-order valence-corrected chi connectivity index (χ0v) is 11.0. The van der Waals surface area contributed by atoms with Crippen molar-refractivity contribution in [1.29, 1.82) is 0 Å². The predicted octanol–water partition coefficient (Wildman–Crippen LogP) is 1.88. The van der Waals surface area contributed by atoms with Crippen molar-refractivity contribution in [3.05, 3.63) is 17.2 Å². The molecule has 0 spiro atoms. The van der Waals surface area contributed by atoms with Crippen LogP contribution in [0.3, 0.4) is 0 Å². The molecule has 1 aliphatic heterocycles. The Morgan fingerprint density at radius 2 is 2.20 bits per heavy atom. The highest BCUT2D eigenvalue weighted by molar-refractivity contribution is 5.93. The summed E-state index contributed by atoms with van der Waals surface area (Å²) in [6.45, 7) is 1.80. The maximum absolute atomic E-state index is 12.9. The standard InChI is InChI=1S/C13H14F3N3O/c1-2-5-11(20)17-8-9-10-6-3-4-7-19(10)12(18-9)13(14,15)16/h3-4,6-8H2,1H3,(H,17,20). The van der Waals surface area contributed by atoms with Crippen LogP contribution >= 0.6 is 0 Å². The molecule has 1 aromatic rings. The summed E-state index contributed by atoms with van der Waals surface area (Å²) in [7, 11) is 0. The highest BCUT2D eigenvalue weighted by Gasteiger charge is 2.39. The minimum absolute atomic E-state index is 0.0288.